The van der Waals surface area contributed by atoms with Gasteiger partial charge in [-0.3, -0.25) is 4.68 Å². The zero-order valence-corrected chi connectivity index (χ0v) is 12.6. The largest absolute Gasteiger partial charge is 0.312 e. The summed E-state index contributed by atoms with van der Waals surface area (Å²) in [5.74, 6) is 0. The van der Waals surface area contributed by atoms with Crippen LogP contribution in [0.2, 0.25) is 0 Å². The lowest BCUT2D eigenvalue weighted by Crippen LogP contribution is -2.29. The van der Waals surface area contributed by atoms with Crippen molar-refractivity contribution in [1.82, 2.24) is 15.1 Å². The van der Waals surface area contributed by atoms with Gasteiger partial charge in [0.1, 0.15) is 0 Å². The van der Waals surface area contributed by atoms with Crippen molar-refractivity contribution in [2.24, 2.45) is 0 Å². The van der Waals surface area contributed by atoms with Gasteiger partial charge in [-0.15, -0.1) is 0 Å². The minimum Gasteiger partial charge on any atom is -0.312 e. The number of aromatic nitrogens is 2. The molecule has 3 rings (SSSR count). The Morgan fingerprint density at radius 2 is 1.90 bits per heavy atom. The van der Waals surface area contributed by atoms with Crippen LogP contribution in [-0.2, 0) is 0 Å². The van der Waals surface area contributed by atoms with E-state index in [4.69, 9.17) is 5.10 Å². The lowest BCUT2D eigenvalue weighted by Gasteiger charge is -2.20. The molecule has 1 aromatic carbocycles. The molecule has 0 amide bonds. The van der Waals surface area contributed by atoms with Gasteiger partial charge >= 0.3 is 0 Å². The molecule has 1 fully saturated rings. The van der Waals surface area contributed by atoms with Crippen molar-refractivity contribution >= 4 is 0 Å². The number of nitrogens with zero attached hydrogens (tertiary/aromatic N) is 2. The Morgan fingerprint density at radius 3 is 2.45 bits per heavy atom. The fourth-order valence-electron chi connectivity index (χ4n) is 2.64. The van der Waals surface area contributed by atoms with Gasteiger partial charge in [-0.25, -0.2) is 0 Å². The van der Waals surface area contributed by atoms with Crippen LogP contribution < -0.4 is 5.32 Å². The molecule has 0 aliphatic heterocycles. The maximum absolute atomic E-state index is 4.76. The molecule has 106 valence electrons. The fraction of sp³-hybridized carbons (Fsp3) is 0.471. The van der Waals surface area contributed by atoms with E-state index in [1.807, 2.05) is 0 Å². The third-order valence-electron chi connectivity index (χ3n) is 4.34. The van der Waals surface area contributed by atoms with E-state index in [0.717, 1.165) is 18.3 Å². The lowest BCUT2D eigenvalue weighted by atomic mass is 10.1. The van der Waals surface area contributed by atoms with E-state index in [1.165, 1.54) is 29.7 Å². The number of benzene rings is 1. The molecule has 3 nitrogen and oxygen atoms in total. The molecular formula is C17H23N3. The quantitative estimate of drug-likeness (QED) is 0.903. The molecule has 20 heavy (non-hydrogen) atoms. The number of rotatable bonds is 5. The monoisotopic (exact) mass is 269 g/mol. The summed E-state index contributed by atoms with van der Waals surface area (Å²) >= 11 is 0. The van der Waals surface area contributed by atoms with Crippen molar-refractivity contribution in [2.45, 2.75) is 45.7 Å². The highest BCUT2D eigenvalue weighted by Gasteiger charge is 2.24. The summed E-state index contributed by atoms with van der Waals surface area (Å²) in [7, 11) is 0. The van der Waals surface area contributed by atoms with Crippen LogP contribution in [0.25, 0.3) is 0 Å². The van der Waals surface area contributed by atoms with Crippen molar-refractivity contribution in [2.75, 3.05) is 6.54 Å². The molecule has 1 unspecified atom stereocenters. The van der Waals surface area contributed by atoms with Crippen LogP contribution >= 0.6 is 0 Å². The number of hydrogen-bond acceptors (Lipinski definition) is 2. The highest BCUT2D eigenvalue weighted by atomic mass is 15.3. The summed E-state index contributed by atoms with van der Waals surface area (Å²) in [5, 5.41) is 8.41. The molecule has 3 heteroatoms. The topological polar surface area (TPSA) is 29.9 Å². The Morgan fingerprint density at radius 1 is 1.20 bits per heavy atom. The predicted octanol–water partition coefficient (Wildman–Crippen LogP) is 3.15. The highest BCUT2D eigenvalue weighted by Crippen LogP contribution is 2.24. The van der Waals surface area contributed by atoms with Crippen LogP contribution in [0.3, 0.4) is 0 Å². The van der Waals surface area contributed by atoms with Crippen LogP contribution in [0.4, 0.5) is 0 Å². The lowest BCUT2D eigenvalue weighted by molar-refractivity contribution is 0.468. The Bertz CT molecular complexity index is 582. The van der Waals surface area contributed by atoms with E-state index >= 15 is 0 Å². The molecule has 0 bridgehead atoms. The minimum absolute atomic E-state index is 0.282. The molecule has 0 radical (unpaired) electrons. The molecule has 1 aromatic heterocycles. The Labute approximate surface area is 121 Å². The van der Waals surface area contributed by atoms with Gasteiger partial charge in [0, 0.05) is 18.3 Å². The average Bonchev–Trinajstić information content (AvgIpc) is 3.26. The minimum atomic E-state index is 0.282. The van der Waals surface area contributed by atoms with Crippen LogP contribution in [0.5, 0.6) is 0 Å². The van der Waals surface area contributed by atoms with Gasteiger partial charge in [0.15, 0.2) is 0 Å². The van der Waals surface area contributed by atoms with Crippen molar-refractivity contribution in [1.29, 1.82) is 0 Å². The second-order valence-corrected chi connectivity index (χ2v) is 5.85. The number of hydrogen-bond donors (Lipinski definition) is 1. The molecule has 1 saturated carbocycles. The van der Waals surface area contributed by atoms with Gasteiger partial charge in [-0.05, 0) is 44.7 Å². The van der Waals surface area contributed by atoms with E-state index in [2.05, 4.69) is 61.1 Å². The zero-order valence-electron chi connectivity index (χ0n) is 12.6. The van der Waals surface area contributed by atoms with Gasteiger partial charge in [0.2, 0.25) is 0 Å². The maximum atomic E-state index is 4.76. The molecule has 1 aliphatic rings. The number of aryl methyl sites for hydroxylation is 1. The second kappa shape index (κ2) is 5.41. The SMILES string of the molecule is Cc1nn(C(CNC2CC2)c2ccccc2)c(C)c1C. The Kier molecular flexibility index (Phi) is 3.62. The van der Waals surface area contributed by atoms with Gasteiger partial charge in [0.25, 0.3) is 0 Å². The standard InChI is InChI=1S/C17H23N3/c1-12-13(2)19-20(14(12)3)17(11-18-16-9-10-16)15-7-5-4-6-8-15/h4-8,16-18H,9-11H2,1-3H3. The third-order valence-corrected chi connectivity index (χ3v) is 4.34. The Hall–Kier alpha value is -1.61. The molecular weight excluding hydrogens is 246 g/mol. The summed E-state index contributed by atoms with van der Waals surface area (Å²) in [6.07, 6.45) is 2.63. The first-order valence-corrected chi connectivity index (χ1v) is 7.47. The van der Waals surface area contributed by atoms with Crippen molar-refractivity contribution < 1.29 is 0 Å². The number of nitrogens with one attached hydrogen (secondary N) is 1. The van der Waals surface area contributed by atoms with Crippen LogP contribution in [0, 0.1) is 20.8 Å². The summed E-state index contributed by atoms with van der Waals surface area (Å²) in [5.41, 5.74) is 5.03. The van der Waals surface area contributed by atoms with Gasteiger partial charge in [-0.1, -0.05) is 30.3 Å². The fourth-order valence-corrected chi connectivity index (χ4v) is 2.64. The zero-order chi connectivity index (χ0) is 14.1. The molecule has 1 heterocycles. The van der Waals surface area contributed by atoms with Crippen molar-refractivity contribution in [3.05, 3.63) is 52.8 Å². The molecule has 0 spiro atoms. The van der Waals surface area contributed by atoms with Crippen LogP contribution in [0.15, 0.2) is 30.3 Å². The third kappa shape index (κ3) is 2.63. The normalized spacial score (nSPS) is 16.4. The Balaban J connectivity index is 1.93. The van der Waals surface area contributed by atoms with E-state index < -0.39 is 0 Å². The summed E-state index contributed by atoms with van der Waals surface area (Å²) in [6, 6.07) is 11.7. The first kappa shape index (κ1) is 13.4. The highest BCUT2D eigenvalue weighted by molar-refractivity contribution is 5.27. The predicted molar refractivity (Wildman–Crippen MR) is 82.0 cm³/mol. The molecule has 0 saturated heterocycles. The first-order chi connectivity index (χ1) is 9.66. The van der Waals surface area contributed by atoms with E-state index in [1.54, 1.807) is 0 Å². The molecule has 1 aliphatic carbocycles. The first-order valence-electron chi connectivity index (χ1n) is 7.47. The summed E-state index contributed by atoms with van der Waals surface area (Å²) < 4.78 is 2.19. The van der Waals surface area contributed by atoms with Crippen molar-refractivity contribution in [3.63, 3.8) is 0 Å². The summed E-state index contributed by atoms with van der Waals surface area (Å²) in [4.78, 5) is 0. The van der Waals surface area contributed by atoms with Gasteiger partial charge in [-0.2, -0.15) is 5.10 Å². The molecule has 1 N–H and O–H groups in total. The average molecular weight is 269 g/mol. The summed E-state index contributed by atoms with van der Waals surface area (Å²) in [6.45, 7) is 7.37. The van der Waals surface area contributed by atoms with Gasteiger partial charge in [0.05, 0.1) is 11.7 Å². The van der Waals surface area contributed by atoms with Gasteiger partial charge < -0.3 is 5.32 Å². The van der Waals surface area contributed by atoms with Crippen LogP contribution in [0.1, 0.15) is 41.4 Å². The molecule has 2 aromatic rings. The second-order valence-electron chi connectivity index (χ2n) is 5.85. The molecule has 1 atom stereocenters. The van der Waals surface area contributed by atoms with E-state index in [0.29, 0.717) is 0 Å². The van der Waals surface area contributed by atoms with Crippen molar-refractivity contribution in [3.8, 4) is 0 Å². The maximum Gasteiger partial charge on any atom is 0.0896 e. The van der Waals surface area contributed by atoms with E-state index in [-0.39, 0.29) is 6.04 Å². The smallest absolute Gasteiger partial charge is 0.0896 e. The van der Waals surface area contributed by atoms with Crippen LogP contribution in [-0.4, -0.2) is 22.4 Å². The van der Waals surface area contributed by atoms with E-state index in [9.17, 15) is 0 Å².